The number of esters is 1. The number of allylic oxidation sites excluding steroid dienone is 2. The van der Waals surface area contributed by atoms with Crippen LogP contribution in [-0.2, 0) is 9.53 Å². The highest BCUT2D eigenvalue weighted by Crippen LogP contribution is 2.56. The molecular formula is C11H14O2. The van der Waals surface area contributed by atoms with Gasteiger partial charge in [0.15, 0.2) is 0 Å². The summed E-state index contributed by atoms with van der Waals surface area (Å²) in [5.74, 6) is 1.25. The smallest absolute Gasteiger partial charge is 0.310 e. The third-order valence-corrected chi connectivity index (χ3v) is 4.17. The number of carbonyl (C=O) groups excluding carboxylic acids is 1. The Hall–Kier alpha value is -0.790. The minimum absolute atomic E-state index is 0.0431. The van der Waals surface area contributed by atoms with Gasteiger partial charge in [0, 0.05) is 5.41 Å². The Bertz CT molecular complexity index is 294. The molecule has 0 radical (unpaired) electrons. The van der Waals surface area contributed by atoms with Gasteiger partial charge in [0.25, 0.3) is 0 Å². The fraction of sp³-hybridized carbons (Fsp3) is 0.727. The lowest BCUT2D eigenvalue weighted by molar-refractivity contribution is -0.143. The summed E-state index contributed by atoms with van der Waals surface area (Å²) in [7, 11) is 0. The Morgan fingerprint density at radius 1 is 1.46 bits per heavy atom. The second-order valence-electron chi connectivity index (χ2n) is 4.82. The molecule has 4 unspecified atom stereocenters. The first-order valence-electron chi connectivity index (χ1n) is 5.07. The van der Waals surface area contributed by atoms with Crippen LogP contribution in [0, 0.1) is 23.2 Å². The molecule has 3 aliphatic carbocycles. The first kappa shape index (κ1) is 7.60. The van der Waals surface area contributed by atoms with Gasteiger partial charge in [0.2, 0.25) is 0 Å². The molecule has 1 saturated heterocycles. The number of fused-ring (bicyclic) bond motifs is 1. The quantitative estimate of drug-likeness (QED) is 0.417. The highest BCUT2D eigenvalue weighted by molar-refractivity contribution is 5.77. The monoisotopic (exact) mass is 178 g/mol. The highest BCUT2D eigenvalue weighted by Gasteiger charge is 2.57. The summed E-state index contributed by atoms with van der Waals surface area (Å²) >= 11 is 0. The Balaban J connectivity index is 2.09. The van der Waals surface area contributed by atoms with Crippen LogP contribution in [0.2, 0.25) is 0 Å². The van der Waals surface area contributed by atoms with Crippen molar-refractivity contribution in [2.24, 2.45) is 23.2 Å². The van der Waals surface area contributed by atoms with Gasteiger partial charge in [0.05, 0.1) is 12.5 Å². The van der Waals surface area contributed by atoms with Crippen molar-refractivity contribution in [2.75, 3.05) is 6.61 Å². The zero-order valence-corrected chi connectivity index (χ0v) is 7.82. The molecule has 70 valence electrons. The lowest BCUT2D eigenvalue weighted by Crippen LogP contribution is -2.45. The van der Waals surface area contributed by atoms with Gasteiger partial charge < -0.3 is 4.74 Å². The first-order chi connectivity index (χ1) is 6.22. The average molecular weight is 178 g/mol. The van der Waals surface area contributed by atoms with Gasteiger partial charge in [-0.25, -0.2) is 0 Å². The number of hydrogen-bond acceptors (Lipinski definition) is 2. The summed E-state index contributed by atoms with van der Waals surface area (Å²) in [5, 5.41) is 0. The van der Waals surface area contributed by atoms with Crippen molar-refractivity contribution in [2.45, 2.75) is 19.8 Å². The van der Waals surface area contributed by atoms with Crippen molar-refractivity contribution >= 4 is 5.97 Å². The molecule has 2 heteroatoms. The van der Waals surface area contributed by atoms with Crippen molar-refractivity contribution < 1.29 is 9.53 Å². The van der Waals surface area contributed by atoms with Crippen LogP contribution in [0.1, 0.15) is 19.8 Å². The molecule has 0 aromatic heterocycles. The normalized spacial score (nSPS) is 52.1. The third-order valence-electron chi connectivity index (χ3n) is 4.17. The van der Waals surface area contributed by atoms with Crippen LogP contribution in [0.4, 0.5) is 0 Å². The molecule has 4 atom stereocenters. The van der Waals surface area contributed by atoms with Gasteiger partial charge >= 0.3 is 5.97 Å². The molecule has 1 saturated carbocycles. The predicted molar refractivity (Wildman–Crippen MR) is 47.9 cm³/mol. The van der Waals surface area contributed by atoms with Crippen molar-refractivity contribution in [3.63, 3.8) is 0 Å². The van der Waals surface area contributed by atoms with E-state index in [1.165, 1.54) is 12.8 Å². The summed E-state index contributed by atoms with van der Waals surface area (Å²) < 4.78 is 5.20. The molecule has 0 spiro atoms. The van der Waals surface area contributed by atoms with E-state index in [4.69, 9.17) is 4.74 Å². The van der Waals surface area contributed by atoms with E-state index < -0.39 is 0 Å². The Morgan fingerprint density at radius 2 is 2.31 bits per heavy atom. The summed E-state index contributed by atoms with van der Waals surface area (Å²) in [6, 6.07) is 0. The number of hydrogen-bond donors (Lipinski definition) is 0. The standard InChI is InChI=1S/C11H14O2/c1-11-6-13-10(12)9(11)7-2-4-8(11)5-3-7/h2,4,7-9H,3,5-6H2,1H3. The average Bonchev–Trinajstić information content (AvgIpc) is 2.47. The Morgan fingerprint density at radius 3 is 2.92 bits per heavy atom. The Kier molecular flexibility index (Phi) is 1.27. The van der Waals surface area contributed by atoms with Gasteiger partial charge in [-0.05, 0) is 24.7 Å². The lowest BCUT2D eigenvalue weighted by atomic mass is 9.55. The van der Waals surface area contributed by atoms with E-state index in [0.717, 1.165) is 0 Å². The van der Waals surface area contributed by atoms with Crippen LogP contribution < -0.4 is 0 Å². The van der Waals surface area contributed by atoms with Gasteiger partial charge in [-0.3, -0.25) is 4.79 Å². The molecule has 2 bridgehead atoms. The second kappa shape index (κ2) is 2.17. The number of rotatable bonds is 0. The summed E-state index contributed by atoms with van der Waals surface area (Å²) in [5.41, 5.74) is 0.120. The zero-order chi connectivity index (χ0) is 9.05. The van der Waals surface area contributed by atoms with E-state index in [1.54, 1.807) is 0 Å². The van der Waals surface area contributed by atoms with E-state index in [1.807, 2.05) is 0 Å². The Labute approximate surface area is 78.0 Å². The highest BCUT2D eigenvalue weighted by atomic mass is 16.5. The topological polar surface area (TPSA) is 26.3 Å². The fourth-order valence-corrected chi connectivity index (χ4v) is 3.35. The minimum atomic E-state index is 0.0431. The van der Waals surface area contributed by atoms with Crippen molar-refractivity contribution in [1.29, 1.82) is 0 Å². The van der Waals surface area contributed by atoms with Gasteiger partial charge in [-0.2, -0.15) is 0 Å². The number of cyclic esters (lactones) is 1. The SMILES string of the molecule is CC12COC(=O)C1C1C=CC2CC1. The molecule has 0 aromatic rings. The van der Waals surface area contributed by atoms with E-state index in [-0.39, 0.29) is 17.3 Å². The summed E-state index contributed by atoms with van der Waals surface area (Å²) in [6.07, 6.45) is 6.95. The molecule has 1 aliphatic heterocycles. The summed E-state index contributed by atoms with van der Waals surface area (Å²) in [4.78, 5) is 11.5. The van der Waals surface area contributed by atoms with E-state index in [9.17, 15) is 4.79 Å². The van der Waals surface area contributed by atoms with Crippen molar-refractivity contribution in [1.82, 2.24) is 0 Å². The van der Waals surface area contributed by atoms with Gasteiger partial charge in [-0.1, -0.05) is 19.1 Å². The van der Waals surface area contributed by atoms with Crippen molar-refractivity contribution in [3.8, 4) is 0 Å². The van der Waals surface area contributed by atoms with Crippen LogP contribution in [0.25, 0.3) is 0 Å². The maximum Gasteiger partial charge on any atom is 0.310 e. The minimum Gasteiger partial charge on any atom is -0.465 e. The molecule has 0 N–H and O–H groups in total. The molecule has 0 amide bonds. The van der Waals surface area contributed by atoms with Gasteiger partial charge in [-0.15, -0.1) is 0 Å². The molecule has 4 rings (SSSR count). The first-order valence-corrected chi connectivity index (χ1v) is 5.07. The van der Waals surface area contributed by atoms with Crippen LogP contribution in [-0.4, -0.2) is 12.6 Å². The van der Waals surface area contributed by atoms with Crippen molar-refractivity contribution in [3.05, 3.63) is 12.2 Å². The maximum atomic E-state index is 11.5. The third kappa shape index (κ3) is 0.767. The molecule has 2 fully saturated rings. The molecular weight excluding hydrogens is 164 g/mol. The largest absolute Gasteiger partial charge is 0.465 e. The molecule has 0 aromatic carbocycles. The van der Waals surface area contributed by atoms with Crippen LogP contribution in [0.3, 0.4) is 0 Å². The van der Waals surface area contributed by atoms with Gasteiger partial charge in [0.1, 0.15) is 0 Å². The van der Waals surface area contributed by atoms with Crippen LogP contribution >= 0.6 is 0 Å². The van der Waals surface area contributed by atoms with E-state index in [2.05, 4.69) is 19.1 Å². The van der Waals surface area contributed by atoms with Crippen LogP contribution in [0.5, 0.6) is 0 Å². The predicted octanol–water partition coefficient (Wildman–Crippen LogP) is 1.76. The van der Waals surface area contributed by atoms with E-state index in [0.29, 0.717) is 18.4 Å². The second-order valence-corrected chi connectivity index (χ2v) is 4.82. The lowest BCUT2D eigenvalue weighted by Gasteiger charge is -2.46. The fourth-order valence-electron chi connectivity index (χ4n) is 3.35. The number of ether oxygens (including phenoxy) is 1. The summed E-state index contributed by atoms with van der Waals surface area (Å²) in [6.45, 7) is 2.85. The number of carbonyl (C=O) groups is 1. The zero-order valence-electron chi connectivity index (χ0n) is 7.82. The molecule has 4 aliphatic rings. The molecule has 1 heterocycles. The maximum absolute atomic E-state index is 11.5. The molecule has 2 nitrogen and oxygen atoms in total. The van der Waals surface area contributed by atoms with E-state index >= 15 is 0 Å². The van der Waals surface area contributed by atoms with Crippen LogP contribution in [0.15, 0.2) is 12.2 Å². The molecule has 13 heavy (non-hydrogen) atoms.